The van der Waals surface area contributed by atoms with Crippen LogP contribution in [-0.2, 0) is 14.2 Å². The average molecular weight is 433 g/mol. The molecule has 0 bridgehead atoms. The number of anilines is 3. The molecule has 0 unspecified atom stereocenters. The molecule has 7 nitrogen and oxygen atoms in total. The van der Waals surface area contributed by atoms with Gasteiger partial charge in [-0.25, -0.2) is 14.4 Å². The third-order valence-corrected chi connectivity index (χ3v) is 4.90. The molecule has 0 radical (unpaired) electrons. The van der Waals surface area contributed by atoms with Gasteiger partial charge in [0.1, 0.15) is 0 Å². The molecule has 0 aliphatic carbocycles. The second kappa shape index (κ2) is 9.78. The van der Waals surface area contributed by atoms with Crippen molar-refractivity contribution in [2.24, 2.45) is 0 Å². The minimum Gasteiger partial charge on any atom is -0.465 e. The Kier molecular flexibility index (Phi) is 6.90. The number of aryl methyl sites for hydroxylation is 1. The van der Waals surface area contributed by atoms with E-state index < -0.39 is 17.9 Å². The lowest BCUT2D eigenvalue weighted by Gasteiger charge is -2.30. The van der Waals surface area contributed by atoms with Crippen molar-refractivity contribution in [3.8, 4) is 0 Å². The Balaban J connectivity index is 2.43. The van der Waals surface area contributed by atoms with E-state index in [-0.39, 0.29) is 16.7 Å². The smallest absolute Gasteiger partial charge is 0.339 e. The van der Waals surface area contributed by atoms with Crippen molar-refractivity contribution >= 4 is 35.0 Å². The lowest BCUT2D eigenvalue weighted by molar-refractivity contribution is 0.0594. The summed E-state index contributed by atoms with van der Waals surface area (Å²) in [7, 11) is 3.87. The van der Waals surface area contributed by atoms with Gasteiger partial charge in [0.2, 0.25) is 0 Å². The van der Waals surface area contributed by atoms with Gasteiger partial charge >= 0.3 is 17.9 Å². The predicted octanol–water partition coefficient (Wildman–Crippen LogP) is 4.82. The van der Waals surface area contributed by atoms with Crippen molar-refractivity contribution in [3.63, 3.8) is 0 Å². The minimum absolute atomic E-state index is 0.256. The first-order valence-electron chi connectivity index (χ1n) is 9.76. The number of carbonyl (C=O) groups is 3. The van der Waals surface area contributed by atoms with Gasteiger partial charge in [-0.05, 0) is 48.9 Å². The zero-order chi connectivity index (χ0) is 23.3. The van der Waals surface area contributed by atoms with E-state index in [1.807, 2.05) is 6.92 Å². The highest BCUT2D eigenvalue weighted by atomic mass is 16.5. The van der Waals surface area contributed by atoms with Gasteiger partial charge in [-0.3, -0.25) is 0 Å². The molecular formula is C25H23NO6. The van der Waals surface area contributed by atoms with Gasteiger partial charge < -0.3 is 19.1 Å². The molecule has 0 atom stereocenters. The van der Waals surface area contributed by atoms with Gasteiger partial charge in [0.05, 0.1) is 55.1 Å². The fraction of sp³-hybridized carbons (Fsp3) is 0.160. The number of hydrogen-bond donors (Lipinski definition) is 0. The van der Waals surface area contributed by atoms with Crippen LogP contribution >= 0.6 is 0 Å². The number of carbonyl (C=O) groups excluding carboxylic acids is 3. The highest BCUT2D eigenvalue weighted by Crippen LogP contribution is 2.41. The van der Waals surface area contributed by atoms with Crippen LogP contribution in [0.15, 0.2) is 66.7 Å². The number of benzene rings is 3. The molecule has 0 aliphatic rings. The molecule has 0 spiro atoms. The molecular weight excluding hydrogens is 410 g/mol. The molecule has 0 aromatic heterocycles. The number of methoxy groups -OCH3 is 3. The number of rotatable bonds is 6. The average Bonchev–Trinajstić information content (AvgIpc) is 2.83. The van der Waals surface area contributed by atoms with E-state index in [4.69, 9.17) is 14.2 Å². The van der Waals surface area contributed by atoms with Crippen LogP contribution in [0.4, 0.5) is 17.1 Å². The van der Waals surface area contributed by atoms with Crippen LogP contribution in [0.3, 0.4) is 0 Å². The Bertz CT molecular complexity index is 1110. The number of para-hydroxylation sites is 2. The zero-order valence-electron chi connectivity index (χ0n) is 18.2. The van der Waals surface area contributed by atoms with Gasteiger partial charge in [0.15, 0.2) is 0 Å². The zero-order valence-corrected chi connectivity index (χ0v) is 18.2. The van der Waals surface area contributed by atoms with Gasteiger partial charge in [-0.1, -0.05) is 30.3 Å². The highest BCUT2D eigenvalue weighted by Gasteiger charge is 2.27. The summed E-state index contributed by atoms with van der Waals surface area (Å²) in [5, 5.41) is 0. The molecule has 0 amide bonds. The van der Waals surface area contributed by atoms with Gasteiger partial charge in [0, 0.05) is 0 Å². The minimum atomic E-state index is -0.562. The second-order valence-corrected chi connectivity index (χ2v) is 6.87. The Morgan fingerprint density at radius 3 is 1.44 bits per heavy atom. The molecule has 32 heavy (non-hydrogen) atoms. The molecule has 3 rings (SSSR count). The first kappa shape index (κ1) is 22.6. The van der Waals surface area contributed by atoms with Crippen LogP contribution in [0.1, 0.15) is 36.6 Å². The Morgan fingerprint density at radius 1 is 0.594 bits per heavy atom. The molecule has 7 heteroatoms. The number of esters is 3. The summed E-state index contributed by atoms with van der Waals surface area (Å²) in [6.45, 7) is 1.88. The van der Waals surface area contributed by atoms with Gasteiger partial charge in [0.25, 0.3) is 0 Å². The standard InChI is InChI=1S/C25H23NO6/c1-16-13-14-19(25(29)32-4)22(15-16)26(20-11-7-5-9-17(20)23(27)30-2)21-12-8-6-10-18(21)24(28)31-3/h5-15H,1-4H3. The fourth-order valence-electron chi connectivity index (χ4n) is 3.40. The lowest BCUT2D eigenvalue weighted by Crippen LogP contribution is -2.20. The first-order chi connectivity index (χ1) is 15.4. The monoisotopic (exact) mass is 433 g/mol. The summed E-state index contributed by atoms with van der Waals surface area (Å²) in [5.41, 5.74) is 2.92. The Morgan fingerprint density at radius 2 is 1.00 bits per heavy atom. The maximum absolute atomic E-state index is 12.6. The van der Waals surface area contributed by atoms with Crippen molar-refractivity contribution in [1.82, 2.24) is 0 Å². The SMILES string of the molecule is COC(=O)c1ccccc1N(c1ccccc1C(=O)OC)c1cc(C)ccc1C(=O)OC. The summed E-state index contributed by atoms with van der Waals surface area (Å²) < 4.78 is 14.9. The van der Waals surface area contributed by atoms with Crippen molar-refractivity contribution in [2.75, 3.05) is 26.2 Å². The van der Waals surface area contributed by atoms with E-state index in [0.29, 0.717) is 17.1 Å². The number of ether oxygens (including phenoxy) is 3. The quantitative estimate of drug-likeness (QED) is 0.407. The molecule has 0 saturated heterocycles. The van der Waals surface area contributed by atoms with Crippen LogP contribution in [0.5, 0.6) is 0 Å². The van der Waals surface area contributed by atoms with Gasteiger partial charge in [-0.15, -0.1) is 0 Å². The first-order valence-corrected chi connectivity index (χ1v) is 9.76. The maximum Gasteiger partial charge on any atom is 0.339 e. The Labute approximate surface area is 186 Å². The van der Waals surface area contributed by atoms with E-state index in [9.17, 15) is 14.4 Å². The largest absolute Gasteiger partial charge is 0.465 e. The number of nitrogens with zero attached hydrogens (tertiary/aromatic N) is 1. The van der Waals surface area contributed by atoms with Gasteiger partial charge in [-0.2, -0.15) is 0 Å². The summed E-state index contributed by atoms with van der Waals surface area (Å²) in [6, 6.07) is 18.8. The maximum atomic E-state index is 12.6. The van der Waals surface area contributed by atoms with Crippen LogP contribution in [0.25, 0.3) is 0 Å². The van der Waals surface area contributed by atoms with Crippen LogP contribution in [0.2, 0.25) is 0 Å². The van der Waals surface area contributed by atoms with Crippen molar-refractivity contribution in [1.29, 1.82) is 0 Å². The molecule has 3 aromatic carbocycles. The fourth-order valence-corrected chi connectivity index (χ4v) is 3.40. The van der Waals surface area contributed by atoms with Crippen molar-refractivity contribution < 1.29 is 28.6 Å². The highest BCUT2D eigenvalue weighted by molar-refractivity contribution is 6.06. The molecule has 164 valence electrons. The van der Waals surface area contributed by atoms with Crippen molar-refractivity contribution in [3.05, 3.63) is 89.0 Å². The molecule has 0 aliphatic heterocycles. The van der Waals surface area contributed by atoms with E-state index in [1.54, 1.807) is 71.6 Å². The molecule has 3 aromatic rings. The molecule has 0 heterocycles. The predicted molar refractivity (Wildman–Crippen MR) is 120 cm³/mol. The molecule has 0 saturated carbocycles. The summed E-state index contributed by atoms with van der Waals surface area (Å²) in [4.78, 5) is 39.5. The lowest BCUT2D eigenvalue weighted by atomic mass is 10.0. The summed E-state index contributed by atoms with van der Waals surface area (Å²) in [6.07, 6.45) is 0. The van der Waals surface area contributed by atoms with E-state index in [2.05, 4.69) is 0 Å². The van der Waals surface area contributed by atoms with Crippen LogP contribution < -0.4 is 4.90 Å². The van der Waals surface area contributed by atoms with Crippen LogP contribution in [-0.4, -0.2) is 39.2 Å². The number of hydrogen-bond acceptors (Lipinski definition) is 7. The second-order valence-electron chi connectivity index (χ2n) is 6.87. The van der Waals surface area contributed by atoms with Crippen molar-refractivity contribution in [2.45, 2.75) is 6.92 Å². The Hall–Kier alpha value is -4.13. The van der Waals surface area contributed by atoms with Crippen LogP contribution in [0, 0.1) is 6.92 Å². The normalized spacial score (nSPS) is 10.2. The van der Waals surface area contributed by atoms with E-state index in [1.165, 1.54) is 21.3 Å². The summed E-state index contributed by atoms with van der Waals surface area (Å²) >= 11 is 0. The summed E-state index contributed by atoms with van der Waals surface area (Å²) in [5.74, 6) is -1.68. The molecule has 0 N–H and O–H groups in total. The molecule has 0 fully saturated rings. The third-order valence-electron chi connectivity index (χ3n) is 4.90. The van der Waals surface area contributed by atoms with E-state index >= 15 is 0 Å². The topological polar surface area (TPSA) is 82.1 Å². The van der Waals surface area contributed by atoms with E-state index in [0.717, 1.165) is 5.56 Å². The third kappa shape index (κ3) is 4.32.